The molecule has 20 N–H and O–H groups in total. The van der Waals surface area contributed by atoms with Gasteiger partial charge in [0, 0.05) is 145 Å². The Hall–Kier alpha value is -11.4. The molecule has 2 aliphatic carbocycles. The van der Waals surface area contributed by atoms with Crippen molar-refractivity contribution in [1.82, 2.24) is 58.8 Å². The molecule has 4 aromatic heterocycles. The first-order valence-electron chi connectivity index (χ1n) is 42.6. The third-order valence-corrected chi connectivity index (χ3v) is 29.8. The number of phosphoric ester groups is 2. The number of carboxylic acids is 2. The highest BCUT2D eigenvalue weighted by Crippen LogP contribution is 2.68. The summed E-state index contributed by atoms with van der Waals surface area (Å²) in [5, 5.41) is 83.9. The summed E-state index contributed by atoms with van der Waals surface area (Å²) in [6.45, 7) is -0.900. The number of benzene rings is 6. The molecule has 4 aliphatic heterocycles. The Morgan fingerprint density at radius 1 is 0.450 bits per heavy atom. The second kappa shape index (κ2) is 43.6. The Balaban J connectivity index is 0.000000236. The molecule has 4 aromatic carbocycles. The van der Waals surface area contributed by atoms with Gasteiger partial charge in [-0.2, -0.15) is 17.2 Å². The van der Waals surface area contributed by atoms with Crippen LogP contribution >= 0.6 is 46.9 Å². The van der Waals surface area contributed by atoms with Crippen molar-refractivity contribution >= 4 is 150 Å². The third kappa shape index (κ3) is 25.4. The molecule has 0 saturated carbocycles. The minimum atomic E-state index is -5.82. The fourth-order valence-corrected chi connectivity index (χ4v) is 21.5. The molecule has 0 bridgehead atoms. The maximum atomic E-state index is 13.6. The Morgan fingerprint density at radius 2 is 0.836 bits per heavy atom. The fourth-order valence-electron chi connectivity index (χ4n) is 15.5. The van der Waals surface area contributed by atoms with Crippen LogP contribution in [0.2, 0.25) is 0 Å². The number of amides is 2. The number of aliphatic hydroxyl groups is 4. The summed E-state index contributed by atoms with van der Waals surface area (Å²) in [5.41, 5.74) is 18.5. The summed E-state index contributed by atoms with van der Waals surface area (Å²) < 4.78 is 125. The van der Waals surface area contributed by atoms with E-state index < -0.39 is 133 Å². The van der Waals surface area contributed by atoms with Crippen LogP contribution in [-0.4, -0.2) is 255 Å². The van der Waals surface area contributed by atoms with Gasteiger partial charge in [0.15, 0.2) is 46.4 Å². The van der Waals surface area contributed by atoms with Crippen LogP contribution in [0.3, 0.4) is 0 Å². The lowest BCUT2D eigenvalue weighted by Crippen LogP contribution is -2.33. The van der Waals surface area contributed by atoms with Gasteiger partial charge in [0.2, 0.25) is 22.6 Å². The second-order valence-corrected chi connectivity index (χ2v) is 41.7. The zero-order chi connectivity index (χ0) is 102. The van der Waals surface area contributed by atoms with Crippen LogP contribution in [0.15, 0.2) is 131 Å². The average Bonchev–Trinajstić information content (AvgIpc) is 1.19. The summed E-state index contributed by atoms with van der Waals surface area (Å²) in [5.74, 6) is -2.61. The molecule has 2 saturated heterocycles. The number of carbonyl (C=O) groups excluding carboxylic acids is 4. The zero-order valence-electron chi connectivity index (χ0n) is 75.6. The third-order valence-electron chi connectivity index (χ3n) is 22.2. The smallest absolute Gasteiger partial charge is 0.490 e. The lowest BCUT2D eigenvalue weighted by atomic mass is 9.89. The molecule has 140 heavy (non-hydrogen) atoms. The van der Waals surface area contributed by atoms with Gasteiger partial charge in [0.05, 0.1) is 37.3 Å². The van der Waals surface area contributed by atoms with Crippen molar-refractivity contribution in [3.05, 3.63) is 155 Å². The number of hydrogen-bond acceptors (Lipinski definition) is 38. The van der Waals surface area contributed by atoms with Crippen molar-refractivity contribution in [3.8, 4) is 44.9 Å². The summed E-state index contributed by atoms with van der Waals surface area (Å²) in [7, 11) is -18.9. The molecular formula is C82H100N18O34P6. The van der Waals surface area contributed by atoms with Gasteiger partial charge in [0.1, 0.15) is 100 Å². The minimum Gasteiger partial charge on any atom is -0.545 e. The Labute approximate surface area is 793 Å². The number of rotatable bonds is 40. The number of anilines is 6. The number of nitrogens with one attached hydrogen (secondary N) is 4. The topological polar surface area (TPSA) is 760 Å². The van der Waals surface area contributed by atoms with E-state index >= 15 is 0 Å². The Morgan fingerprint density at radius 3 is 1.23 bits per heavy atom. The van der Waals surface area contributed by atoms with E-state index in [1.807, 2.05) is 148 Å². The van der Waals surface area contributed by atoms with Gasteiger partial charge >= 0.3 is 46.9 Å². The molecule has 12 atom stereocenters. The standard InChI is InChI=1S/2C41H50N9O17P3/c1-48(2)23-10-13-26-29(18-23)64-30-19-24(49(3)4)11-14-27(30)32(26)28-17-22(9-12-25(28)40(54)55)38(53)43-15-7-5-6-8-16-44-41-47-33-36(42)45-21-46-37(33)50(41)39-35(52)34(51)31(65-39)20-63-69(59,60)67-70(61,62)66-68(56,57)58;1-48(2)23-10-13-26-29(18-23)64-30-19-24(49(3)4)11-14-27(30)32(26)25-12-9-22(17-28(25)40(54)55)38(53)43-15-7-5-6-8-16-44-41-47-33-36(42)45-21-46-37(33)50(41)39-35(52)34(51)31(65-39)20-63-69(59,60)67-70(61,62)66-68(56,57)58/h9-14,17-19,21,31,34-35,39,51-52H,5-8,15-16,20H2,1-4H3,(H8-,42,43,44,45,46,47,53,54,55,56,57,58,59,60,61,62);9-14,17-19,21,31,34-35,39,42-43,51-52H,5-8,15-16,20H2,1-4H3,(H6,53,54,55,56,57,58,59,60,61,62)/t2*31-,34-,35-,39-/m11/s1. The minimum absolute atomic E-state index is 0.0346. The largest absolute Gasteiger partial charge is 0.545 e. The number of carbonyl (C=O) groups is 4. The lowest BCUT2D eigenvalue weighted by Gasteiger charge is -2.20. The van der Waals surface area contributed by atoms with Gasteiger partial charge in [0.25, 0.3) is 11.8 Å². The van der Waals surface area contributed by atoms with Crippen LogP contribution in [-0.2, 0) is 63.2 Å². The second-order valence-electron chi connectivity index (χ2n) is 32.9. The molecule has 6 aliphatic rings. The van der Waals surface area contributed by atoms with Crippen LogP contribution < -0.4 is 72.6 Å². The number of unbranched alkanes of at least 4 members (excludes halogenated alkanes) is 6. The van der Waals surface area contributed by atoms with E-state index in [1.54, 1.807) is 18.2 Å². The zero-order valence-corrected chi connectivity index (χ0v) is 81.0. The first kappa shape index (κ1) is 106. The predicted octanol–water partition coefficient (Wildman–Crippen LogP) is 3.51. The lowest BCUT2D eigenvalue weighted by molar-refractivity contribution is -0.256. The maximum Gasteiger partial charge on any atom is 0.490 e. The van der Waals surface area contributed by atoms with Crippen LogP contribution in [0.4, 0.5) is 34.9 Å². The average molecular weight is 2070 g/mol. The summed E-state index contributed by atoms with van der Waals surface area (Å²) in [4.78, 5) is 155. The number of carboxylic acid groups (broad SMARTS) is 2. The highest BCUT2D eigenvalue weighted by molar-refractivity contribution is 7.67. The monoisotopic (exact) mass is 2070 g/mol. The molecule has 2 amide bonds. The van der Waals surface area contributed by atoms with Crippen LogP contribution in [0, 0.1) is 0 Å². The van der Waals surface area contributed by atoms with Gasteiger partial charge < -0.3 is 140 Å². The number of imidazole rings is 2. The maximum absolute atomic E-state index is 13.6. The number of nitrogens with two attached hydrogens (primary N) is 2. The van der Waals surface area contributed by atoms with Crippen molar-refractivity contribution in [1.29, 1.82) is 0 Å². The fraction of sp³-hybridized carbons (Fsp3) is 0.366. The molecule has 8 aromatic rings. The first-order valence-corrected chi connectivity index (χ1v) is 51.6. The van der Waals surface area contributed by atoms with Crippen molar-refractivity contribution in [3.63, 3.8) is 0 Å². The first-order chi connectivity index (χ1) is 65.9. The number of fused-ring (bicyclic) bond motifs is 6. The number of aromatic nitrogens is 8. The van der Waals surface area contributed by atoms with Crippen molar-refractivity contribution in [2.24, 2.45) is 0 Å². The highest BCUT2D eigenvalue weighted by Gasteiger charge is 2.50. The number of aromatic carboxylic acids is 2. The molecule has 14 rings (SSSR count). The van der Waals surface area contributed by atoms with Gasteiger partial charge in [-0.3, -0.25) is 27.8 Å². The number of phosphoric acid groups is 6. The molecular weight excluding hydrogens is 1970 g/mol. The summed E-state index contributed by atoms with van der Waals surface area (Å²) in [6.07, 6.45) is -6.04. The van der Waals surface area contributed by atoms with E-state index in [4.69, 9.17) is 49.3 Å². The normalized spacial score (nSPS) is 19.0. The van der Waals surface area contributed by atoms with E-state index in [1.165, 1.54) is 27.3 Å². The van der Waals surface area contributed by atoms with E-state index in [2.05, 4.69) is 77.5 Å². The van der Waals surface area contributed by atoms with E-state index in [0.717, 1.165) is 34.7 Å². The van der Waals surface area contributed by atoms with Gasteiger partial charge in [-0.05, 0) is 97.5 Å². The molecule has 2 fully saturated rings. The predicted molar refractivity (Wildman–Crippen MR) is 498 cm³/mol. The number of nitrogen functional groups attached to an aromatic ring is 2. The Kier molecular flexibility index (Phi) is 33.0. The molecule has 58 heteroatoms. The van der Waals surface area contributed by atoms with Gasteiger partial charge in [-0.25, -0.2) is 66.4 Å². The molecule has 4 unspecified atom stereocenters. The molecule has 0 spiro atoms. The van der Waals surface area contributed by atoms with Crippen molar-refractivity contribution in [2.75, 3.05) is 128 Å². The van der Waals surface area contributed by atoms with E-state index in [9.17, 15) is 96.8 Å². The SMILES string of the molecule is CN(C)c1ccc2c(-c3cc(C(=O)NCCCCCCNc4nc5c(N)ncnc5n4[C@@H]4O[C@H](COP(=O)(O)OP(=O)(O)OP(=O)(O)O)[C@@H](O)[C@H]4O)ccc3C(=O)[O-])c3ccc(=[N+](C)C)cc-3oc2c1.CN(C)c1ccc2c(-c3ccc(C(=O)NCCCCCCNc4nc5c(N)ncnc5n4[C@@H]4O[C@H](COP(=O)(O)OP(=O)(O)OP(=O)(O)O)[C@@H](O)[C@H]4O)cc3C(=O)[O-])c3ccc(=[N+](C)C)cc-3oc2c1. The molecule has 0 radical (unpaired) electrons. The quantitative estimate of drug-likeness (QED) is 0.0113. The number of aliphatic hydroxyl groups excluding tert-OH is 4. The number of hydrogen-bond donors (Lipinski definition) is 18. The van der Waals surface area contributed by atoms with Crippen LogP contribution in [0.25, 0.3) is 89.2 Å². The van der Waals surface area contributed by atoms with Gasteiger partial charge in [-0.15, -0.1) is 0 Å². The van der Waals surface area contributed by atoms with E-state index in [0.29, 0.717) is 138 Å². The van der Waals surface area contributed by atoms with E-state index in [-0.39, 0.29) is 74.7 Å². The van der Waals surface area contributed by atoms with Crippen LogP contribution in [0.5, 0.6) is 0 Å². The van der Waals surface area contributed by atoms with Crippen LogP contribution in [0.1, 0.15) is 105 Å². The Bertz CT molecular complexity index is 7110. The van der Waals surface area contributed by atoms with Crippen molar-refractivity contribution in [2.45, 2.75) is 100 Å². The molecule has 8 heterocycles. The number of ether oxygens (including phenoxy) is 2. The molecule has 52 nitrogen and oxygen atoms in total. The molecule has 752 valence electrons. The highest BCUT2D eigenvalue weighted by atomic mass is 31.3. The number of nitrogens with zero attached hydrogens (tertiary/aromatic N) is 12. The summed E-state index contributed by atoms with van der Waals surface area (Å²) in [6, 6.07) is 31.4. The van der Waals surface area contributed by atoms with Gasteiger partial charge in [-0.1, -0.05) is 37.8 Å². The summed E-state index contributed by atoms with van der Waals surface area (Å²) >= 11 is 0. The van der Waals surface area contributed by atoms with Crippen molar-refractivity contribution < 1.29 is 161 Å².